The first-order chi connectivity index (χ1) is 14.6. The number of benzene rings is 1. The highest BCUT2D eigenvalue weighted by atomic mass is 16.5. The van der Waals surface area contributed by atoms with E-state index in [1.54, 1.807) is 14.7 Å². The zero-order valence-electron chi connectivity index (χ0n) is 17.4. The summed E-state index contributed by atoms with van der Waals surface area (Å²) in [5, 5.41) is 0. The van der Waals surface area contributed by atoms with Crippen LogP contribution >= 0.6 is 0 Å². The Balaban J connectivity index is 1.35. The number of amides is 3. The summed E-state index contributed by atoms with van der Waals surface area (Å²) in [4.78, 5) is 43.4. The van der Waals surface area contributed by atoms with Gasteiger partial charge in [0, 0.05) is 45.8 Å². The van der Waals surface area contributed by atoms with Crippen molar-refractivity contribution in [1.29, 1.82) is 0 Å². The lowest BCUT2D eigenvalue weighted by Gasteiger charge is -2.36. The maximum Gasteiger partial charge on any atom is 0.251 e. The second-order valence-corrected chi connectivity index (χ2v) is 7.96. The van der Waals surface area contributed by atoms with Gasteiger partial charge in [-0.25, -0.2) is 0 Å². The Morgan fingerprint density at radius 1 is 1.10 bits per heavy atom. The van der Waals surface area contributed by atoms with Gasteiger partial charge in [-0.2, -0.15) is 0 Å². The number of nitrogens with zero attached hydrogens (tertiary/aromatic N) is 3. The summed E-state index contributed by atoms with van der Waals surface area (Å²) in [6, 6.07) is 7.43. The topological polar surface area (TPSA) is 79.4 Å². The molecule has 0 N–H and O–H groups in total. The molecule has 2 atom stereocenters. The van der Waals surface area contributed by atoms with E-state index >= 15 is 0 Å². The van der Waals surface area contributed by atoms with E-state index in [0.29, 0.717) is 57.4 Å². The Labute approximate surface area is 176 Å². The third kappa shape index (κ3) is 4.14. The van der Waals surface area contributed by atoms with Gasteiger partial charge in [0.25, 0.3) is 5.91 Å². The molecule has 8 nitrogen and oxygen atoms in total. The largest absolute Gasteiger partial charge is 0.492 e. The van der Waals surface area contributed by atoms with Gasteiger partial charge in [0.1, 0.15) is 11.9 Å². The highest BCUT2D eigenvalue weighted by molar-refractivity contribution is 6.01. The Hall–Kier alpha value is -2.61. The maximum absolute atomic E-state index is 13.1. The molecular weight excluding hydrogens is 386 g/mol. The zero-order chi connectivity index (χ0) is 21.1. The maximum atomic E-state index is 13.1. The fourth-order valence-corrected chi connectivity index (χ4v) is 4.45. The van der Waals surface area contributed by atoms with Crippen molar-refractivity contribution in [1.82, 2.24) is 9.80 Å². The molecule has 1 aromatic carbocycles. The highest BCUT2D eigenvalue weighted by Gasteiger charge is 2.39. The van der Waals surface area contributed by atoms with Gasteiger partial charge < -0.3 is 24.2 Å². The van der Waals surface area contributed by atoms with Gasteiger partial charge in [-0.3, -0.25) is 14.4 Å². The second-order valence-electron chi connectivity index (χ2n) is 7.96. The number of anilines is 1. The first-order valence-corrected chi connectivity index (χ1v) is 10.8. The van der Waals surface area contributed by atoms with Crippen LogP contribution in [0.4, 0.5) is 5.69 Å². The number of hydrogen-bond acceptors (Lipinski definition) is 5. The summed E-state index contributed by atoms with van der Waals surface area (Å²) in [7, 11) is 0. The third-order valence-electron chi connectivity index (χ3n) is 6.04. The first-order valence-electron chi connectivity index (χ1n) is 10.8. The van der Waals surface area contributed by atoms with E-state index < -0.39 is 0 Å². The molecule has 0 bridgehead atoms. The summed E-state index contributed by atoms with van der Waals surface area (Å²) in [6.45, 7) is 5.44. The van der Waals surface area contributed by atoms with E-state index in [9.17, 15) is 14.4 Å². The SMILES string of the molecule is CCOc1ccccc1N1CC(C(=O)N2CCN(C(=O)C3CCCO3)CC2)CC1=O. The summed E-state index contributed by atoms with van der Waals surface area (Å²) < 4.78 is 11.1. The molecule has 3 saturated heterocycles. The lowest BCUT2D eigenvalue weighted by atomic mass is 10.1. The van der Waals surface area contributed by atoms with Crippen molar-refractivity contribution in [2.75, 3.05) is 50.8 Å². The van der Waals surface area contributed by atoms with Crippen LogP contribution < -0.4 is 9.64 Å². The molecule has 0 radical (unpaired) electrons. The summed E-state index contributed by atoms with van der Waals surface area (Å²) in [5.74, 6) is 0.251. The number of ether oxygens (including phenoxy) is 2. The van der Waals surface area contributed by atoms with Gasteiger partial charge >= 0.3 is 0 Å². The van der Waals surface area contributed by atoms with Crippen LogP contribution in [0.5, 0.6) is 5.75 Å². The molecule has 0 saturated carbocycles. The molecular formula is C22H29N3O5. The van der Waals surface area contributed by atoms with Crippen LogP contribution in [0.2, 0.25) is 0 Å². The minimum Gasteiger partial charge on any atom is -0.492 e. The molecule has 4 rings (SSSR count). The zero-order valence-corrected chi connectivity index (χ0v) is 17.4. The molecule has 30 heavy (non-hydrogen) atoms. The summed E-state index contributed by atoms with van der Waals surface area (Å²) in [5.41, 5.74) is 0.714. The van der Waals surface area contributed by atoms with Crippen molar-refractivity contribution < 1.29 is 23.9 Å². The van der Waals surface area contributed by atoms with Crippen LogP contribution in [-0.4, -0.2) is 79.6 Å². The Kier molecular flexibility index (Phi) is 6.22. The van der Waals surface area contributed by atoms with Crippen LogP contribution in [0.25, 0.3) is 0 Å². The smallest absolute Gasteiger partial charge is 0.251 e. The van der Waals surface area contributed by atoms with Gasteiger partial charge in [0.05, 0.1) is 18.2 Å². The van der Waals surface area contributed by atoms with Crippen molar-refractivity contribution >= 4 is 23.4 Å². The van der Waals surface area contributed by atoms with Crippen molar-refractivity contribution in [3.05, 3.63) is 24.3 Å². The molecule has 1 aromatic rings. The van der Waals surface area contributed by atoms with Crippen LogP contribution in [0, 0.1) is 5.92 Å². The van der Waals surface area contributed by atoms with E-state index in [0.717, 1.165) is 12.8 Å². The Morgan fingerprint density at radius 2 is 1.80 bits per heavy atom. The lowest BCUT2D eigenvalue weighted by molar-refractivity contribution is -0.147. The van der Waals surface area contributed by atoms with Gasteiger partial charge in [0.15, 0.2) is 0 Å². The van der Waals surface area contributed by atoms with Crippen LogP contribution in [0.1, 0.15) is 26.2 Å². The Bertz CT molecular complexity index is 800. The van der Waals surface area contributed by atoms with E-state index in [1.165, 1.54) is 0 Å². The first kappa shape index (κ1) is 20.7. The monoisotopic (exact) mass is 415 g/mol. The number of rotatable bonds is 5. The molecule has 0 aromatic heterocycles. The van der Waals surface area contributed by atoms with Crippen LogP contribution in [-0.2, 0) is 19.1 Å². The highest BCUT2D eigenvalue weighted by Crippen LogP contribution is 2.33. The Morgan fingerprint density at radius 3 is 2.47 bits per heavy atom. The van der Waals surface area contributed by atoms with E-state index in [2.05, 4.69) is 0 Å². The molecule has 3 aliphatic rings. The van der Waals surface area contributed by atoms with Crippen LogP contribution in [0.15, 0.2) is 24.3 Å². The molecule has 0 aliphatic carbocycles. The fourth-order valence-electron chi connectivity index (χ4n) is 4.45. The number of piperazine rings is 1. The normalized spacial score (nSPS) is 24.4. The molecule has 2 unspecified atom stereocenters. The number of carbonyl (C=O) groups excluding carboxylic acids is 3. The fraction of sp³-hybridized carbons (Fsp3) is 0.591. The molecule has 8 heteroatoms. The minimum absolute atomic E-state index is 0.0102. The van der Waals surface area contributed by atoms with Gasteiger partial charge in [-0.1, -0.05) is 12.1 Å². The molecule has 3 aliphatic heterocycles. The van der Waals surface area contributed by atoms with Crippen molar-refractivity contribution in [2.24, 2.45) is 5.92 Å². The average molecular weight is 415 g/mol. The van der Waals surface area contributed by atoms with E-state index in [-0.39, 0.29) is 36.2 Å². The third-order valence-corrected chi connectivity index (χ3v) is 6.04. The molecule has 0 spiro atoms. The predicted molar refractivity (Wildman–Crippen MR) is 110 cm³/mol. The van der Waals surface area contributed by atoms with Crippen molar-refractivity contribution in [2.45, 2.75) is 32.3 Å². The molecule has 3 fully saturated rings. The number of carbonyl (C=O) groups is 3. The van der Waals surface area contributed by atoms with E-state index in [4.69, 9.17) is 9.47 Å². The molecule has 3 amide bonds. The summed E-state index contributed by atoms with van der Waals surface area (Å²) in [6.07, 6.45) is 1.59. The van der Waals surface area contributed by atoms with Crippen molar-refractivity contribution in [3.63, 3.8) is 0 Å². The molecule has 162 valence electrons. The quantitative estimate of drug-likeness (QED) is 0.724. The van der Waals surface area contributed by atoms with Gasteiger partial charge in [-0.15, -0.1) is 0 Å². The predicted octanol–water partition coefficient (Wildman–Crippen LogP) is 1.29. The van der Waals surface area contributed by atoms with Crippen molar-refractivity contribution in [3.8, 4) is 5.75 Å². The second kappa shape index (κ2) is 9.04. The lowest BCUT2D eigenvalue weighted by Crippen LogP contribution is -2.54. The number of hydrogen-bond donors (Lipinski definition) is 0. The standard InChI is InChI=1S/C22H29N3O5/c1-2-29-18-7-4-3-6-17(18)25-15-16(14-20(25)26)21(27)23-9-11-24(12-10-23)22(28)19-8-5-13-30-19/h3-4,6-7,16,19H,2,5,8-15H2,1H3. The number of para-hydroxylation sites is 2. The van der Waals surface area contributed by atoms with Gasteiger partial charge in [0.2, 0.25) is 11.8 Å². The summed E-state index contributed by atoms with van der Waals surface area (Å²) >= 11 is 0. The van der Waals surface area contributed by atoms with Gasteiger partial charge in [-0.05, 0) is 31.9 Å². The average Bonchev–Trinajstić information content (AvgIpc) is 3.44. The molecule has 3 heterocycles. The van der Waals surface area contributed by atoms with E-state index in [1.807, 2.05) is 31.2 Å². The minimum atomic E-state index is -0.368. The van der Waals surface area contributed by atoms with Crippen LogP contribution in [0.3, 0.4) is 0 Å².